The molecule has 0 bridgehead atoms. The van der Waals surface area contributed by atoms with Crippen LogP contribution in [0.5, 0.6) is 5.88 Å². The highest BCUT2D eigenvalue weighted by Crippen LogP contribution is 2.32. The lowest BCUT2D eigenvalue weighted by Crippen LogP contribution is -2.10. The molecule has 0 radical (unpaired) electrons. The number of anilines is 1. The number of rotatable bonds is 7. The van der Waals surface area contributed by atoms with Crippen LogP contribution in [0.25, 0.3) is 28.0 Å². The molecule has 1 N–H and O–H groups in total. The van der Waals surface area contributed by atoms with Gasteiger partial charge in [0.1, 0.15) is 16.2 Å². The average Bonchev–Trinajstić information content (AvgIpc) is 3.32. The molecular weight excluding hydrogens is 483 g/mol. The maximum atomic E-state index is 14.2. The smallest absolute Gasteiger partial charge is 0.232 e. The molecule has 1 aromatic carbocycles. The number of benzene rings is 1. The van der Waals surface area contributed by atoms with Crippen molar-refractivity contribution >= 4 is 21.2 Å². The van der Waals surface area contributed by atoms with Crippen LogP contribution in [0.3, 0.4) is 0 Å². The van der Waals surface area contributed by atoms with Crippen molar-refractivity contribution in [2.75, 3.05) is 18.7 Å². The zero-order valence-corrected chi connectivity index (χ0v) is 20.2. The van der Waals surface area contributed by atoms with Crippen LogP contribution in [-0.2, 0) is 16.4 Å². The molecule has 0 atom stereocenters. The standard InChI is InChI=1S/C25H21FN6O3S/c1-35-25-21(36(2,33)34)13-17(14-29-25)23-30-24(28-15-20-19(26)9-6-11-27-20)22-18(10-12-32(22)31-23)16-7-4-3-5-8-16/h3-14H,15H2,1-2H3,(H,28,30,31). The molecule has 0 saturated carbocycles. The minimum atomic E-state index is -3.63. The van der Waals surface area contributed by atoms with Crippen molar-refractivity contribution < 1.29 is 17.5 Å². The van der Waals surface area contributed by atoms with Gasteiger partial charge in [-0.15, -0.1) is 5.10 Å². The largest absolute Gasteiger partial charge is 0.480 e. The van der Waals surface area contributed by atoms with Crippen molar-refractivity contribution in [3.63, 3.8) is 0 Å². The summed E-state index contributed by atoms with van der Waals surface area (Å²) in [7, 11) is -2.28. The van der Waals surface area contributed by atoms with Crippen LogP contribution in [0, 0.1) is 5.82 Å². The molecule has 5 rings (SSSR count). The molecule has 4 heterocycles. The van der Waals surface area contributed by atoms with E-state index in [1.165, 1.54) is 37.7 Å². The summed E-state index contributed by atoms with van der Waals surface area (Å²) < 4.78 is 45.6. The molecule has 0 amide bonds. The summed E-state index contributed by atoms with van der Waals surface area (Å²) in [6.45, 7) is 0.0770. The average molecular weight is 505 g/mol. The minimum Gasteiger partial charge on any atom is -0.480 e. The lowest BCUT2D eigenvalue weighted by Gasteiger charge is -2.13. The number of halogens is 1. The Morgan fingerprint density at radius 2 is 1.86 bits per heavy atom. The van der Waals surface area contributed by atoms with E-state index in [9.17, 15) is 12.8 Å². The van der Waals surface area contributed by atoms with Crippen molar-refractivity contribution in [1.29, 1.82) is 0 Å². The van der Waals surface area contributed by atoms with E-state index in [1.54, 1.807) is 10.7 Å². The lowest BCUT2D eigenvalue weighted by atomic mass is 10.1. The first-order valence-corrected chi connectivity index (χ1v) is 12.8. The van der Waals surface area contributed by atoms with Crippen LogP contribution in [-0.4, -0.2) is 46.3 Å². The number of hydrogen-bond donors (Lipinski definition) is 1. The Kier molecular flexibility index (Phi) is 6.06. The minimum absolute atomic E-state index is 0.0152. The summed E-state index contributed by atoms with van der Waals surface area (Å²) in [4.78, 5) is 12.8. The van der Waals surface area contributed by atoms with Gasteiger partial charge in [-0.25, -0.2) is 27.3 Å². The van der Waals surface area contributed by atoms with Gasteiger partial charge in [0.2, 0.25) is 5.88 Å². The molecule has 182 valence electrons. The van der Waals surface area contributed by atoms with E-state index >= 15 is 0 Å². The number of nitrogens with zero attached hydrogens (tertiary/aromatic N) is 5. The van der Waals surface area contributed by atoms with Gasteiger partial charge in [-0.05, 0) is 29.8 Å². The van der Waals surface area contributed by atoms with Gasteiger partial charge < -0.3 is 10.1 Å². The SMILES string of the molecule is COc1ncc(-c2nc(NCc3ncccc3F)c3c(-c4ccccc4)ccn3n2)cc1S(C)(=O)=O. The summed E-state index contributed by atoms with van der Waals surface area (Å²) in [5, 5.41) is 7.78. The second-order valence-electron chi connectivity index (χ2n) is 7.96. The lowest BCUT2D eigenvalue weighted by molar-refractivity contribution is 0.385. The summed E-state index contributed by atoms with van der Waals surface area (Å²) in [6.07, 6.45) is 5.82. The number of ether oxygens (including phenoxy) is 1. The van der Waals surface area contributed by atoms with E-state index in [0.29, 0.717) is 16.9 Å². The van der Waals surface area contributed by atoms with Gasteiger partial charge in [0, 0.05) is 36.0 Å². The molecule has 5 aromatic rings. The molecule has 0 aliphatic rings. The molecule has 0 fully saturated rings. The van der Waals surface area contributed by atoms with Crippen LogP contribution in [0.1, 0.15) is 5.69 Å². The maximum Gasteiger partial charge on any atom is 0.232 e. The fourth-order valence-corrected chi connectivity index (χ4v) is 4.60. The number of sulfone groups is 1. The van der Waals surface area contributed by atoms with E-state index < -0.39 is 15.7 Å². The molecule has 11 heteroatoms. The molecule has 0 saturated heterocycles. The van der Waals surface area contributed by atoms with Crippen molar-refractivity contribution in [2.24, 2.45) is 0 Å². The zero-order valence-electron chi connectivity index (χ0n) is 19.4. The van der Waals surface area contributed by atoms with Gasteiger partial charge in [-0.3, -0.25) is 4.98 Å². The number of methoxy groups -OCH3 is 1. The first-order chi connectivity index (χ1) is 17.3. The molecule has 0 aliphatic heterocycles. The van der Waals surface area contributed by atoms with Crippen molar-refractivity contribution in [1.82, 2.24) is 24.6 Å². The monoisotopic (exact) mass is 504 g/mol. The Hall–Kier alpha value is -4.38. The van der Waals surface area contributed by atoms with E-state index in [-0.39, 0.29) is 28.8 Å². The van der Waals surface area contributed by atoms with Gasteiger partial charge in [0.25, 0.3) is 0 Å². The highest BCUT2D eigenvalue weighted by molar-refractivity contribution is 7.90. The maximum absolute atomic E-state index is 14.2. The van der Waals surface area contributed by atoms with Gasteiger partial charge in [0.15, 0.2) is 21.5 Å². The van der Waals surface area contributed by atoms with Gasteiger partial charge >= 0.3 is 0 Å². The Morgan fingerprint density at radius 3 is 2.58 bits per heavy atom. The zero-order chi connectivity index (χ0) is 25.3. The molecule has 0 aliphatic carbocycles. The van der Waals surface area contributed by atoms with Crippen LogP contribution < -0.4 is 10.1 Å². The molecule has 36 heavy (non-hydrogen) atoms. The number of hydrogen-bond acceptors (Lipinski definition) is 8. The number of pyridine rings is 2. The van der Waals surface area contributed by atoms with Crippen LogP contribution >= 0.6 is 0 Å². The highest BCUT2D eigenvalue weighted by Gasteiger charge is 2.20. The quantitative estimate of drug-likeness (QED) is 0.354. The summed E-state index contributed by atoms with van der Waals surface area (Å²) >= 11 is 0. The fraction of sp³-hybridized carbons (Fsp3) is 0.120. The summed E-state index contributed by atoms with van der Waals surface area (Å²) in [5.41, 5.74) is 3.10. The highest BCUT2D eigenvalue weighted by atomic mass is 32.2. The molecule has 0 spiro atoms. The molecule has 4 aromatic heterocycles. The van der Waals surface area contributed by atoms with Crippen LogP contribution in [0.4, 0.5) is 10.2 Å². The third-order valence-corrected chi connectivity index (χ3v) is 6.61. The van der Waals surface area contributed by atoms with Crippen molar-refractivity contribution in [2.45, 2.75) is 11.4 Å². The summed E-state index contributed by atoms with van der Waals surface area (Å²) in [5.74, 6) is 0.192. The fourth-order valence-electron chi connectivity index (χ4n) is 3.81. The van der Waals surface area contributed by atoms with E-state index in [4.69, 9.17) is 4.74 Å². The van der Waals surface area contributed by atoms with Gasteiger partial charge in [0.05, 0.1) is 19.3 Å². The van der Waals surface area contributed by atoms with Crippen molar-refractivity contribution in [3.05, 3.63) is 84.7 Å². The molecule has 0 unspecified atom stereocenters. The summed E-state index contributed by atoms with van der Waals surface area (Å²) in [6, 6.07) is 15.9. The van der Waals surface area contributed by atoms with Crippen molar-refractivity contribution in [3.8, 4) is 28.4 Å². The predicted octanol–water partition coefficient (Wildman–Crippen LogP) is 4.02. The predicted molar refractivity (Wildman–Crippen MR) is 133 cm³/mol. The molecule has 9 nitrogen and oxygen atoms in total. The number of fused-ring (bicyclic) bond motifs is 1. The third-order valence-electron chi connectivity index (χ3n) is 5.52. The van der Waals surface area contributed by atoms with Crippen LogP contribution in [0.15, 0.2) is 78.1 Å². The first-order valence-electron chi connectivity index (χ1n) is 10.9. The van der Waals surface area contributed by atoms with Gasteiger partial charge in [-0.1, -0.05) is 30.3 Å². The Bertz CT molecular complexity index is 1670. The number of nitrogens with one attached hydrogen (secondary N) is 1. The Balaban J connectivity index is 1.67. The first kappa shape index (κ1) is 23.4. The van der Waals surface area contributed by atoms with E-state index in [0.717, 1.165) is 17.4 Å². The van der Waals surface area contributed by atoms with E-state index in [1.807, 2.05) is 36.4 Å². The second-order valence-corrected chi connectivity index (χ2v) is 9.95. The number of aromatic nitrogens is 5. The molecular formula is C25H21FN6O3S. The van der Waals surface area contributed by atoms with Gasteiger partial charge in [-0.2, -0.15) is 0 Å². The Labute approximate surface area is 206 Å². The normalized spacial score (nSPS) is 11.5. The van der Waals surface area contributed by atoms with Crippen LogP contribution in [0.2, 0.25) is 0 Å². The topological polar surface area (TPSA) is 111 Å². The third kappa shape index (κ3) is 4.48. The van der Waals surface area contributed by atoms with E-state index in [2.05, 4.69) is 25.4 Å². The second kappa shape index (κ2) is 9.34. The Morgan fingerprint density at radius 1 is 1.06 bits per heavy atom.